The number of hydrogen-bond donors (Lipinski definition) is 0. The van der Waals surface area contributed by atoms with E-state index in [4.69, 9.17) is 14.2 Å². The van der Waals surface area contributed by atoms with Gasteiger partial charge in [-0.2, -0.15) is 0 Å². The summed E-state index contributed by atoms with van der Waals surface area (Å²) in [5.74, 6) is 0.705. The summed E-state index contributed by atoms with van der Waals surface area (Å²) in [4.78, 5) is 12.3. The highest BCUT2D eigenvalue weighted by atomic mass is 32.2. The molecule has 0 unspecified atom stereocenters. The Morgan fingerprint density at radius 3 is 2.59 bits per heavy atom. The molecule has 2 atom stereocenters. The topological polar surface area (TPSA) is 44.8 Å². The van der Waals surface area contributed by atoms with Crippen molar-refractivity contribution in [1.29, 1.82) is 0 Å². The van der Waals surface area contributed by atoms with Crippen LogP contribution in [0.1, 0.15) is 19.4 Å². The first-order valence-electron chi connectivity index (χ1n) is 7.28. The molecule has 0 spiro atoms. The van der Waals surface area contributed by atoms with E-state index in [1.807, 2.05) is 56.3 Å². The first-order chi connectivity index (χ1) is 10.7. The Hall–Kier alpha value is -1.14. The predicted molar refractivity (Wildman–Crippen MR) is 89.7 cm³/mol. The lowest BCUT2D eigenvalue weighted by atomic mass is 10.2. The molecule has 0 aromatic heterocycles. The molecule has 0 bridgehead atoms. The minimum absolute atomic E-state index is 0.0300. The first kappa shape index (κ1) is 18.9. The fourth-order valence-electron chi connectivity index (χ4n) is 1.86. The molecule has 0 radical (unpaired) electrons. The summed E-state index contributed by atoms with van der Waals surface area (Å²) >= 11 is 1.24. The van der Waals surface area contributed by atoms with E-state index in [9.17, 15) is 4.79 Å². The van der Waals surface area contributed by atoms with Crippen molar-refractivity contribution in [3.05, 3.63) is 48.0 Å². The van der Waals surface area contributed by atoms with Gasteiger partial charge in [0.2, 0.25) is 5.12 Å². The normalized spacial score (nSPS) is 14.1. The van der Waals surface area contributed by atoms with Crippen LogP contribution in [-0.4, -0.2) is 37.0 Å². The third kappa shape index (κ3) is 6.75. The molecule has 0 saturated heterocycles. The van der Waals surface area contributed by atoms with Crippen LogP contribution in [0.4, 0.5) is 0 Å². The Labute approximate surface area is 136 Å². The van der Waals surface area contributed by atoms with Crippen molar-refractivity contribution >= 4 is 16.9 Å². The molecule has 0 aliphatic heterocycles. The van der Waals surface area contributed by atoms with Crippen molar-refractivity contribution in [2.45, 2.75) is 32.7 Å². The maximum Gasteiger partial charge on any atom is 0.220 e. The lowest BCUT2D eigenvalue weighted by Gasteiger charge is -2.23. The van der Waals surface area contributed by atoms with Crippen LogP contribution in [0, 0.1) is 0 Å². The van der Waals surface area contributed by atoms with Crippen molar-refractivity contribution in [1.82, 2.24) is 0 Å². The summed E-state index contributed by atoms with van der Waals surface area (Å²) in [6.07, 6.45) is 2.56. The van der Waals surface area contributed by atoms with Gasteiger partial charge in [0.05, 0.1) is 6.61 Å². The highest BCUT2D eigenvalue weighted by Crippen LogP contribution is 2.17. The quantitative estimate of drug-likeness (QED) is 0.487. The van der Waals surface area contributed by atoms with E-state index in [1.165, 1.54) is 11.8 Å². The molecule has 0 aliphatic rings. The molecular formula is C17H24O4S. The number of allylic oxidation sites excluding steroid dienone is 1. The Morgan fingerprint density at radius 1 is 1.27 bits per heavy atom. The maximum atomic E-state index is 12.3. The number of thioether (sulfide) groups is 1. The average Bonchev–Trinajstić information content (AvgIpc) is 2.54. The molecule has 0 N–H and O–H groups in total. The number of carbonyl (C=O) groups excluding carboxylic acids is 1. The van der Waals surface area contributed by atoms with Crippen LogP contribution in [0.3, 0.4) is 0 Å². The van der Waals surface area contributed by atoms with Gasteiger partial charge in [-0.1, -0.05) is 61.2 Å². The second-order valence-corrected chi connectivity index (χ2v) is 5.80. The zero-order valence-corrected chi connectivity index (χ0v) is 14.2. The lowest BCUT2D eigenvalue weighted by molar-refractivity contribution is -0.141. The second kappa shape index (κ2) is 11.4. The summed E-state index contributed by atoms with van der Waals surface area (Å²) in [6.45, 7) is 4.31. The number of methoxy groups -OCH3 is 1. The molecule has 22 heavy (non-hydrogen) atoms. The number of hydrogen-bond acceptors (Lipinski definition) is 5. The van der Waals surface area contributed by atoms with Crippen molar-refractivity contribution in [3.63, 3.8) is 0 Å². The largest absolute Gasteiger partial charge is 0.362 e. The van der Waals surface area contributed by atoms with Gasteiger partial charge in [-0.3, -0.25) is 4.79 Å². The fourth-order valence-corrected chi connectivity index (χ4v) is 2.51. The molecule has 1 aromatic rings. The SMILES string of the molecule is C/C=C\[C@@H](OCOC)[C@@H](OCc1ccccc1)C(=O)SCC. The summed E-state index contributed by atoms with van der Waals surface area (Å²) in [5, 5.41) is -0.0300. The van der Waals surface area contributed by atoms with Gasteiger partial charge in [-0.25, -0.2) is 0 Å². The van der Waals surface area contributed by atoms with Gasteiger partial charge in [0.25, 0.3) is 0 Å². The Bertz CT molecular complexity index is 447. The summed E-state index contributed by atoms with van der Waals surface area (Å²) in [7, 11) is 1.55. The van der Waals surface area contributed by atoms with Gasteiger partial charge in [0, 0.05) is 7.11 Å². The van der Waals surface area contributed by atoms with Crippen LogP contribution in [0.2, 0.25) is 0 Å². The second-order valence-electron chi connectivity index (χ2n) is 4.53. The zero-order chi connectivity index (χ0) is 16.2. The van der Waals surface area contributed by atoms with Gasteiger partial charge >= 0.3 is 0 Å². The lowest BCUT2D eigenvalue weighted by Crippen LogP contribution is -2.36. The van der Waals surface area contributed by atoms with Gasteiger partial charge in [0.1, 0.15) is 12.9 Å². The molecular weight excluding hydrogens is 300 g/mol. The van der Waals surface area contributed by atoms with Crippen LogP contribution in [0.15, 0.2) is 42.5 Å². The van der Waals surface area contributed by atoms with E-state index < -0.39 is 12.2 Å². The van der Waals surface area contributed by atoms with Gasteiger partial charge < -0.3 is 14.2 Å². The van der Waals surface area contributed by atoms with Crippen molar-refractivity contribution in [2.75, 3.05) is 19.7 Å². The molecule has 0 saturated carbocycles. The minimum Gasteiger partial charge on any atom is -0.362 e. The highest BCUT2D eigenvalue weighted by Gasteiger charge is 2.28. The van der Waals surface area contributed by atoms with Crippen molar-refractivity contribution in [3.8, 4) is 0 Å². The molecule has 1 aromatic carbocycles. The predicted octanol–water partition coefficient (Wildman–Crippen LogP) is 3.42. The standard InChI is InChI=1S/C17H24O4S/c1-4-9-15(21-13-19-3)16(17(18)22-5-2)20-12-14-10-7-6-8-11-14/h4,6-11,15-16H,5,12-13H2,1-3H3/b9-4-/t15-,16-/m1/s1. The number of benzene rings is 1. The third-order valence-corrected chi connectivity index (χ3v) is 3.66. The Kier molecular flexibility index (Phi) is 9.82. The van der Waals surface area contributed by atoms with Crippen LogP contribution in [-0.2, 0) is 25.6 Å². The van der Waals surface area contributed by atoms with E-state index >= 15 is 0 Å². The van der Waals surface area contributed by atoms with Gasteiger partial charge in [0.15, 0.2) is 6.10 Å². The number of rotatable bonds is 10. The fraction of sp³-hybridized carbons (Fsp3) is 0.471. The van der Waals surface area contributed by atoms with Gasteiger partial charge in [-0.05, 0) is 18.2 Å². The molecule has 122 valence electrons. The maximum absolute atomic E-state index is 12.3. The molecule has 5 heteroatoms. The molecule has 0 aliphatic carbocycles. The van der Waals surface area contributed by atoms with Crippen molar-refractivity contribution in [2.24, 2.45) is 0 Å². The minimum atomic E-state index is -0.656. The Morgan fingerprint density at radius 2 is 2.00 bits per heavy atom. The molecule has 0 fully saturated rings. The zero-order valence-electron chi connectivity index (χ0n) is 13.4. The summed E-state index contributed by atoms with van der Waals surface area (Å²) in [5.41, 5.74) is 1.02. The van der Waals surface area contributed by atoms with E-state index in [-0.39, 0.29) is 11.9 Å². The molecule has 1 rings (SSSR count). The van der Waals surface area contributed by atoms with Crippen LogP contribution in [0.5, 0.6) is 0 Å². The molecule has 4 nitrogen and oxygen atoms in total. The number of ether oxygens (including phenoxy) is 3. The van der Waals surface area contributed by atoms with Crippen molar-refractivity contribution < 1.29 is 19.0 Å². The van der Waals surface area contributed by atoms with Crippen LogP contribution in [0.25, 0.3) is 0 Å². The van der Waals surface area contributed by atoms with Crippen LogP contribution >= 0.6 is 11.8 Å². The van der Waals surface area contributed by atoms with Crippen LogP contribution < -0.4 is 0 Å². The average molecular weight is 324 g/mol. The molecule has 0 heterocycles. The van der Waals surface area contributed by atoms with E-state index in [0.29, 0.717) is 12.4 Å². The highest BCUT2D eigenvalue weighted by molar-refractivity contribution is 8.13. The molecule has 0 amide bonds. The van der Waals surface area contributed by atoms with E-state index in [0.717, 1.165) is 5.56 Å². The third-order valence-electron chi connectivity index (χ3n) is 2.85. The van der Waals surface area contributed by atoms with E-state index in [2.05, 4.69) is 0 Å². The van der Waals surface area contributed by atoms with E-state index in [1.54, 1.807) is 7.11 Å². The Balaban J connectivity index is 2.78. The first-order valence-corrected chi connectivity index (χ1v) is 8.27. The monoisotopic (exact) mass is 324 g/mol. The smallest absolute Gasteiger partial charge is 0.220 e. The van der Waals surface area contributed by atoms with Gasteiger partial charge in [-0.15, -0.1) is 0 Å². The summed E-state index contributed by atoms with van der Waals surface area (Å²) in [6, 6.07) is 9.77. The number of carbonyl (C=O) groups is 1. The summed E-state index contributed by atoms with van der Waals surface area (Å²) < 4.78 is 16.4.